The van der Waals surface area contributed by atoms with E-state index < -0.39 is 0 Å². The van der Waals surface area contributed by atoms with Crippen LogP contribution in [0.1, 0.15) is 5.56 Å². The monoisotopic (exact) mass is 164 g/mol. The second-order valence-electron chi connectivity index (χ2n) is 2.43. The molecule has 0 unspecified atom stereocenters. The van der Waals surface area contributed by atoms with E-state index in [1.54, 1.807) is 0 Å². The molecule has 0 aliphatic carbocycles. The van der Waals surface area contributed by atoms with Crippen LogP contribution >= 0.6 is 12.2 Å². The van der Waals surface area contributed by atoms with Gasteiger partial charge in [0.05, 0.1) is 0 Å². The molecule has 0 spiro atoms. The molecule has 1 aromatic carbocycles. The predicted octanol–water partition coefficient (Wildman–Crippen LogP) is 1.95. The van der Waals surface area contributed by atoms with E-state index in [9.17, 15) is 0 Å². The molecule has 0 saturated heterocycles. The van der Waals surface area contributed by atoms with Gasteiger partial charge in [-0.05, 0) is 5.56 Å². The number of rotatable bonds is 3. The van der Waals surface area contributed by atoms with Crippen LogP contribution in [-0.4, -0.2) is 17.4 Å². The molecule has 0 heterocycles. The lowest BCUT2D eigenvalue weighted by Crippen LogP contribution is -2.13. The number of benzene rings is 1. The molecule has 0 N–H and O–H groups in total. The van der Waals surface area contributed by atoms with Crippen molar-refractivity contribution in [1.82, 2.24) is 4.90 Å². The van der Waals surface area contributed by atoms with Crippen LogP contribution in [0.2, 0.25) is 0 Å². The highest BCUT2D eigenvalue weighted by molar-refractivity contribution is 7.78. The van der Waals surface area contributed by atoms with Gasteiger partial charge in [0.2, 0.25) is 0 Å². The summed E-state index contributed by atoms with van der Waals surface area (Å²) in [7, 11) is 1.92. The van der Waals surface area contributed by atoms with Crippen LogP contribution in [0.3, 0.4) is 0 Å². The Morgan fingerprint density at radius 3 is 2.55 bits per heavy atom. The molecule has 0 saturated carbocycles. The van der Waals surface area contributed by atoms with Crippen molar-refractivity contribution in [3.8, 4) is 0 Å². The molecule has 0 amide bonds. The van der Waals surface area contributed by atoms with Crippen LogP contribution in [0.5, 0.6) is 0 Å². The van der Waals surface area contributed by atoms with Crippen LogP contribution < -0.4 is 0 Å². The average molecular weight is 164 g/mol. The highest BCUT2D eigenvalue weighted by atomic mass is 32.1. The lowest BCUT2D eigenvalue weighted by Gasteiger charge is -2.10. The van der Waals surface area contributed by atoms with E-state index in [1.165, 1.54) is 5.56 Å². The number of hydrogen-bond acceptors (Lipinski definition) is 1. The Kier molecular flexibility index (Phi) is 3.05. The summed E-state index contributed by atoms with van der Waals surface area (Å²) in [4.78, 5) is 1.85. The Balaban J connectivity index is 2.57. The second kappa shape index (κ2) is 4.09. The molecule has 0 aliphatic heterocycles. The van der Waals surface area contributed by atoms with Crippen LogP contribution in [0.25, 0.3) is 0 Å². The van der Waals surface area contributed by atoms with Gasteiger partial charge in [-0.25, -0.2) is 0 Å². The number of nitrogens with zero attached hydrogens (tertiary/aromatic N) is 1. The zero-order valence-electron chi connectivity index (χ0n) is 6.45. The molecule has 2 heteroatoms. The van der Waals surface area contributed by atoms with E-state index in [0.717, 1.165) is 6.54 Å². The molecule has 1 aromatic rings. The van der Waals surface area contributed by atoms with Crippen molar-refractivity contribution in [2.45, 2.75) is 6.54 Å². The Labute approximate surface area is 72.6 Å². The van der Waals surface area contributed by atoms with E-state index in [2.05, 4.69) is 29.8 Å². The molecule has 0 aliphatic rings. The fraction of sp³-hybridized carbons (Fsp3) is 0.222. The zero-order chi connectivity index (χ0) is 8.10. The van der Waals surface area contributed by atoms with Crippen molar-refractivity contribution in [2.75, 3.05) is 7.05 Å². The van der Waals surface area contributed by atoms with Crippen molar-refractivity contribution < 1.29 is 0 Å². The van der Waals surface area contributed by atoms with Crippen LogP contribution in [-0.2, 0) is 6.54 Å². The van der Waals surface area contributed by atoms with Crippen LogP contribution in [0, 0.1) is 0 Å². The summed E-state index contributed by atoms with van der Waals surface area (Å²) in [6, 6.07) is 10.2. The predicted molar refractivity (Wildman–Crippen MR) is 50.5 cm³/mol. The van der Waals surface area contributed by atoms with E-state index in [-0.39, 0.29) is 0 Å². The Bertz CT molecular complexity index is 220. The van der Waals surface area contributed by atoms with Gasteiger partial charge in [0.15, 0.2) is 0 Å². The van der Waals surface area contributed by atoms with Gasteiger partial charge in [-0.2, -0.15) is 0 Å². The molecular weight excluding hydrogens is 154 g/mol. The fourth-order valence-electron chi connectivity index (χ4n) is 0.890. The Hall–Kier alpha value is -0.890. The lowest BCUT2D eigenvalue weighted by atomic mass is 10.2. The van der Waals surface area contributed by atoms with Gasteiger partial charge >= 0.3 is 0 Å². The van der Waals surface area contributed by atoms with Gasteiger partial charge in [0.1, 0.15) is 5.49 Å². The van der Waals surface area contributed by atoms with Crippen LogP contribution in [0.4, 0.5) is 0 Å². The highest BCUT2D eigenvalue weighted by Crippen LogP contribution is 2.00. The molecule has 11 heavy (non-hydrogen) atoms. The summed E-state index contributed by atoms with van der Waals surface area (Å²) in [5.74, 6) is 0. The average Bonchev–Trinajstić information content (AvgIpc) is 2.06. The first-order valence-electron chi connectivity index (χ1n) is 3.46. The van der Waals surface area contributed by atoms with E-state index in [1.807, 2.05) is 30.1 Å². The summed E-state index contributed by atoms with van der Waals surface area (Å²) in [5.41, 5.74) is 3.89. The van der Waals surface area contributed by atoms with Gasteiger partial charge < -0.3 is 4.90 Å². The second-order valence-corrected chi connectivity index (χ2v) is 2.62. The first-order valence-corrected chi connectivity index (χ1v) is 3.86. The maximum absolute atomic E-state index is 4.65. The zero-order valence-corrected chi connectivity index (χ0v) is 7.27. The number of thiocarbonyl (C=S) groups is 1. The maximum atomic E-state index is 4.65. The third-order valence-corrected chi connectivity index (χ3v) is 1.73. The first kappa shape index (κ1) is 8.21. The Morgan fingerprint density at radius 1 is 1.36 bits per heavy atom. The summed E-state index contributed by atoms with van der Waals surface area (Å²) in [5, 5.41) is 0. The molecule has 1 rings (SSSR count). The maximum Gasteiger partial charge on any atom is 0.136 e. The first-order chi connectivity index (χ1) is 5.33. The number of hydrogen-bond donors (Lipinski definition) is 0. The molecule has 1 nitrogen and oxygen atoms in total. The Morgan fingerprint density at radius 2 is 2.00 bits per heavy atom. The van der Waals surface area contributed by atoms with Crippen molar-refractivity contribution in [2.24, 2.45) is 0 Å². The third kappa shape index (κ3) is 2.68. The minimum absolute atomic E-state index is 0.838. The van der Waals surface area contributed by atoms with Gasteiger partial charge in [0, 0.05) is 13.6 Å². The molecule has 0 fully saturated rings. The highest BCUT2D eigenvalue weighted by Gasteiger charge is 1.92. The lowest BCUT2D eigenvalue weighted by molar-refractivity contribution is 0.523. The SMILES string of the molecule is CN([C]=S)Cc1ccccc1. The minimum atomic E-state index is 0.838. The molecule has 0 aromatic heterocycles. The van der Waals surface area contributed by atoms with Gasteiger partial charge in [0.25, 0.3) is 0 Å². The largest absolute Gasteiger partial charge is 0.359 e. The fourth-order valence-corrected chi connectivity index (χ4v) is 0.954. The molecule has 0 bridgehead atoms. The van der Waals surface area contributed by atoms with Crippen LogP contribution in [0.15, 0.2) is 30.3 Å². The van der Waals surface area contributed by atoms with Crippen molar-refractivity contribution in [3.63, 3.8) is 0 Å². The van der Waals surface area contributed by atoms with E-state index >= 15 is 0 Å². The van der Waals surface area contributed by atoms with Crippen molar-refractivity contribution in [3.05, 3.63) is 35.9 Å². The quantitative estimate of drug-likeness (QED) is 0.496. The summed E-state index contributed by atoms with van der Waals surface area (Å²) in [6.45, 7) is 0.838. The minimum Gasteiger partial charge on any atom is -0.359 e. The van der Waals surface area contributed by atoms with Crippen molar-refractivity contribution >= 4 is 17.7 Å². The molecule has 57 valence electrons. The smallest absolute Gasteiger partial charge is 0.136 e. The van der Waals surface area contributed by atoms with E-state index in [0.29, 0.717) is 0 Å². The summed E-state index contributed by atoms with van der Waals surface area (Å²) in [6.07, 6.45) is 0. The standard InChI is InChI=1S/C9H10NS/c1-10(8-11)7-9-5-3-2-4-6-9/h2-6H,7H2,1H3. The third-order valence-electron chi connectivity index (χ3n) is 1.42. The molecule has 0 atom stereocenters. The topological polar surface area (TPSA) is 3.24 Å². The summed E-state index contributed by atoms with van der Waals surface area (Å²) >= 11 is 4.65. The van der Waals surface area contributed by atoms with Gasteiger partial charge in [-0.3, -0.25) is 0 Å². The van der Waals surface area contributed by atoms with Gasteiger partial charge in [-0.15, -0.1) is 0 Å². The van der Waals surface area contributed by atoms with E-state index in [4.69, 9.17) is 0 Å². The normalized spacial score (nSPS) is 9.18. The molecule has 1 radical (unpaired) electrons. The van der Waals surface area contributed by atoms with Crippen molar-refractivity contribution in [1.29, 1.82) is 0 Å². The molecular formula is C9H10NS. The summed E-state index contributed by atoms with van der Waals surface area (Å²) < 4.78 is 0. The van der Waals surface area contributed by atoms with Gasteiger partial charge in [-0.1, -0.05) is 42.5 Å².